The van der Waals surface area contributed by atoms with Crippen molar-refractivity contribution in [3.05, 3.63) is 59.7 Å². The van der Waals surface area contributed by atoms with Crippen LogP contribution in [-0.2, 0) is 14.3 Å². The van der Waals surface area contributed by atoms with E-state index in [2.05, 4.69) is 0 Å². The molecule has 2 aromatic carbocycles. The number of nitrogens with zero attached hydrogens (tertiary/aromatic N) is 1. The summed E-state index contributed by atoms with van der Waals surface area (Å²) in [4.78, 5) is 25.8. The van der Waals surface area contributed by atoms with Crippen LogP contribution in [0.15, 0.2) is 48.5 Å². The summed E-state index contributed by atoms with van der Waals surface area (Å²) in [7, 11) is 1.30. The molecule has 0 saturated heterocycles. The molecule has 0 spiro atoms. The fraction of sp³-hybridized carbons (Fsp3) is 0.263. The standard InChI is InChI=1S/C19H21NO4/c1-14-8-7-9-15(2)19(14)20(12-18(22)23-3)17(21)13-24-16-10-5-4-6-11-16/h4-11H,12-13H2,1-3H3. The van der Waals surface area contributed by atoms with Gasteiger partial charge < -0.3 is 9.47 Å². The third-order valence-electron chi connectivity index (χ3n) is 3.63. The van der Waals surface area contributed by atoms with E-state index in [0.717, 1.165) is 11.1 Å². The number of methoxy groups -OCH3 is 1. The number of ether oxygens (including phenoxy) is 2. The number of hydrogen-bond acceptors (Lipinski definition) is 4. The molecule has 0 atom stereocenters. The normalized spacial score (nSPS) is 10.1. The summed E-state index contributed by atoms with van der Waals surface area (Å²) in [6.07, 6.45) is 0. The summed E-state index contributed by atoms with van der Waals surface area (Å²) in [6.45, 7) is 3.49. The molecule has 0 heterocycles. The van der Waals surface area contributed by atoms with E-state index in [0.29, 0.717) is 11.4 Å². The van der Waals surface area contributed by atoms with Crippen molar-refractivity contribution < 1.29 is 19.1 Å². The number of benzene rings is 2. The van der Waals surface area contributed by atoms with Crippen molar-refractivity contribution in [3.63, 3.8) is 0 Å². The molecule has 0 fully saturated rings. The molecule has 2 aromatic rings. The third kappa shape index (κ3) is 4.35. The topological polar surface area (TPSA) is 55.8 Å². The number of hydrogen-bond donors (Lipinski definition) is 0. The van der Waals surface area contributed by atoms with Crippen LogP contribution in [0.25, 0.3) is 0 Å². The molecular formula is C19H21NO4. The van der Waals surface area contributed by atoms with Gasteiger partial charge in [0.25, 0.3) is 5.91 Å². The van der Waals surface area contributed by atoms with Gasteiger partial charge in [0.2, 0.25) is 0 Å². The van der Waals surface area contributed by atoms with Crippen LogP contribution in [0.3, 0.4) is 0 Å². The molecule has 0 bridgehead atoms. The summed E-state index contributed by atoms with van der Waals surface area (Å²) < 4.78 is 10.2. The molecule has 0 saturated carbocycles. The second kappa shape index (κ2) is 8.15. The molecule has 0 radical (unpaired) electrons. The highest BCUT2D eigenvalue weighted by atomic mass is 16.5. The van der Waals surface area contributed by atoms with Gasteiger partial charge in [-0.1, -0.05) is 36.4 Å². The highest BCUT2D eigenvalue weighted by Gasteiger charge is 2.23. The number of aryl methyl sites for hydroxylation is 2. The molecule has 0 N–H and O–H groups in total. The maximum absolute atomic E-state index is 12.7. The lowest BCUT2D eigenvalue weighted by Gasteiger charge is -2.25. The van der Waals surface area contributed by atoms with E-state index in [4.69, 9.17) is 9.47 Å². The highest BCUT2D eigenvalue weighted by molar-refractivity contribution is 5.99. The SMILES string of the molecule is COC(=O)CN(C(=O)COc1ccccc1)c1c(C)cccc1C. The Morgan fingerprint density at radius 3 is 2.17 bits per heavy atom. The number of para-hydroxylation sites is 2. The zero-order chi connectivity index (χ0) is 17.5. The molecule has 1 amide bonds. The first kappa shape index (κ1) is 17.5. The molecule has 5 heteroatoms. The summed E-state index contributed by atoms with van der Waals surface area (Å²) in [5, 5.41) is 0. The Morgan fingerprint density at radius 2 is 1.58 bits per heavy atom. The van der Waals surface area contributed by atoms with Gasteiger partial charge >= 0.3 is 5.97 Å². The number of carbonyl (C=O) groups is 2. The number of esters is 1. The first-order chi connectivity index (χ1) is 11.5. The third-order valence-corrected chi connectivity index (χ3v) is 3.63. The number of carbonyl (C=O) groups excluding carboxylic acids is 2. The monoisotopic (exact) mass is 327 g/mol. The summed E-state index contributed by atoms with van der Waals surface area (Å²) in [5.41, 5.74) is 2.53. The van der Waals surface area contributed by atoms with E-state index in [1.807, 2.05) is 50.2 Å². The highest BCUT2D eigenvalue weighted by Crippen LogP contribution is 2.25. The predicted octanol–water partition coefficient (Wildman–Crippen LogP) is 2.89. The van der Waals surface area contributed by atoms with Gasteiger partial charge in [-0.2, -0.15) is 0 Å². The summed E-state index contributed by atoms with van der Waals surface area (Å²) in [5.74, 6) is -0.183. The van der Waals surface area contributed by atoms with Crippen molar-refractivity contribution >= 4 is 17.6 Å². The minimum atomic E-state index is -0.481. The molecule has 0 aromatic heterocycles. The lowest BCUT2D eigenvalue weighted by Crippen LogP contribution is -2.40. The Bertz CT molecular complexity index is 692. The van der Waals surface area contributed by atoms with Crippen molar-refractivity contribution in [2.45, 2.75) is 13.8 Å². The van der Waals surface area contributed by atoms with E-state index in [1.54, 1.807) is 12.1 Å². The smallest absolute Gasteiger partial charge is 0.325 e. The fourth-order valence-corrected chi connectivity index (χ4v) is 2.46. The summed E-state index contributed by atoms with van der Waals surface area (Å²) >= 11 is 0. The molecule has 0 aliphatic carbocycles. The maximum atomic E-state index is 12.7. The largest absolute Gasteiger partial charge is 0.484 e. The van der Waals surface area contributed by atoms with Crippen LogP contribution in [0.1, 0.15) is 11.1 Å². The lowest BCUT2D eigenvalue weighted by molar-refractivity contribution is -0.140. The van der Waals surface area contributed by atoms with Crippen molar-refractivity contribution in [2.24, 2.45) is 0 Å². The van der Waals surface area contributed by atoms with Crippen LogP contribution < -0.4 is 9.64 Å². The average Bonchev–Trinajstić information content (AvgIpc) is 2.59. The van der Waals surface area contributed by atoms with Crippen LogP contribution in [0.5, 0.6) is 5.75 Å². The van der Waals surface area contributed by atoms with Crippen molar-refractivity contribution in [3.8, 4) is 5.75 Å². The van der Waals surface area contributed by atoms with Crippen molar-refractivity contribution in [2.75, 3.05) is 25.2 Å². The van der Waals surface area contributed by atoms with Gasteiger partial charge in [-0.3, -0.25) is 14.5 Å². The Labute approximate surface area is 141 Å². The molecule has 126 valence electrons. The Kier molecular flexibility index (Phi) is 5.95. The minimum absolute atomic E-state index is 0.154. The van der Waals surface area contributed by atoms with Gasteiger partial charge in [-0.05, 0) is 37.1 Å². The fourth-order valence-electron chi connectivity index (χ4n) is 2.46. The molecule has 5 nitrogen and oxygen atoms in total. The number of anilines is 1. The molecular weight excluding hydrogens is 306 g/mol. The van der Waals surface area contributed by atoms with Crippen LogP contribution in [0.4, 0.5) is 5.69 Å². The van der Waals surface area contributed by atoms with Gasteiger partial charge in [0.1, 0.15) is 12.3 Å². The van der Waals surface area contributed by atoms with Crippen molar-refractivity contribution in [1.29, 1.82) is 0 Å². The van der Waals surface area contributed by atoms with E-state index in [9.17, 15) is 9.59 Å². The first-order valence-electron chi connectivity index (χ1n) is 7.64. The number of amides is 1. The minimum Gasteiger partial charge on any atom is -0.484 e. The van der Waals surface area contributed by atoms with Gasteiger partial charge in [-0.25, -0.2) is 0 Å². The second-order valence-corrected chi connectivity index (χ2v) is 5.40. The Hall–Kier alpha value is -2.82. The zero-order valence-corrected chi connectivity index (χ0v) is 14.1. The molecule has 0 aliphatic heterocycles. The van der Waals surface area contributed by atoms with E-state index in [-0.39, 0.29) is 19.1 Å². The lowest BCUT2D eigenvalue weighted by atomic mass is 10.1. The number of rotatable bonds is 6. The van der Waals surface area contributed by atoms with Crippen LogP contribution in [-0.4, -0.2) is 32.1 Å². The zero-order valence-electron chi connectivity index (χ0n) is 14.1. The van der Waals surface area contributed by atoms with Gasteiger partial charge in [0.05, 0.1) is 12.8 Å². The van der Waals surface area contributed by atoms with Crippen LogP contribution >= 0.6 is 0 Å². The maximum Gasteiger partial charge on any atom is 0.325 e. The van der Waals surface area contributed by atoms with E-state index >= 15 is 0 Å². The summed E-state index contributed by atoms with van der Waals surface area (Å²) in [6, 6.07) is 14.8. The molecule has 2 rings (SSSR count). The van der Waals surface area contributed by atoms with Gasteiger partial charge in [0.15, 0.2) is 6.61 Å². The van der Waals surface area contributed by atoms with Crippen LogP contribution in [0.2, 0.25) is 0 Å². The predicted molar refractivity (Wildman–Crippen MR) is 92.2 cm³/mol. The molecule has 24 heavy (non-hydrogen) atoms. The average molecular weight is 327 g/mol. The van der Waals surface area contributed by atoms with E-state index in [1.165, 1.54) is 12.0 Å². The van der Waals surface area contributed by atoms with Gasteiger partial charge in [-0.15, -0.1) is 0 Å². The second-order valence-electron chi connectivity index (χ2n) is 5.40. The quantitative estimate of drug-likeness (QED) is 0.766. The first-order valence-corrected chi connectivity index (χ1v) is 7.64. The van der Waals surface area contributed by atoms with Crippen molar-refractivity contribution in [1.82, 2.24) is 0 Å². The van der Waals surface area contributed by atoms with E-state index < -0.39 is 5.97 Å². The molecule has 0 aliphatic rings. The Morgan fingerprint density at radius 1 is 0.958 bits per heavy atom. The van der Waals surface area contributed by atoms with Gasteiger partial charge in [0, 0.05) is 0 Å². The Balaban J connectivity index is 2.22. The molecule has 0 unspecified atom stereocenters. The van der Waals surface area contributed by atoms with Crippen LogP contribution in [0, 0.1) is 13.8 Å².